The zero-order valence-corrected chi connectivity index (χ0v) is 77.6. The second-order valence-corrected chi connectivity index (χ2v) is 24.4. The van der Waals surface area contributed by atoms with Crippen molar-refractivity contribution in [3.63, 3.8) is 0 Å². The Balaban J connectivity index is -0.000000117. The molecule has 44 nitrogen and oxygen atoms in total. The predicted molar refractivity (Wildman–Crippen MR) is 401 cm³/mol. The van der Waals surface area contributed by atoms with Crippen molar-refractivity contribution in [1.29, 1.82) is 0 Å². The number of carboxylic acids is 4. The van der Waals surface area contributed by atoms with Gasteiger partial charge >= 0.3 is 68.3 Å². The van der Waals surface area contributed by atoms with Crippen LogP contribution in [-0.2, 0) is 79.2 Å². The molecule has 0 saturated carbocycles. The quantitative estimate of drug-likeness (QED) is 0.0608. The van der Waals surface area contributed by atoms with Crippen molar-refractivity contribution in [2.45, 2.75) is 55.4 Å². The second-order valence-electron chi connectivity index (χ2n) is 21.4. The maximum Gasteiger partial charge on any atom is 2.00 e. The van der Waals surface area contributed by atoms with Crippen molar-refractivity contribution in [2.24, 2.45) is 0 Å². The van der Waals surface area contributed by atoms with Gasteiger partial charge in [0.2, 0.25) is 0 Å². The number of aromatic nitrogens is 12. The molecule has 130 heavy (non-hydrogen) atoms. The first-order valence-electron chi connectivity index (χ1n) is 33.3. The molecule has 4 radical (unpaired) electrons. The van der Waals surface area contributed by atoms with E-state index in [1.807, 2.05) is 202 Å². The van der Waals surface area contributed by atoms with E-state index in [1.54, 1.807) is 0 Å². The third kappa shape index (κ3) is 89.9. The van der Waals surface area contributed by atoms with E-state index in [-0.39, 0.29) is 101 Å². The molecular weight excluding hydrogens is 2010 g/mol. The Labute approximate surface area is 798 Å². The van der Waals surface area contributed by atoms with Crippen molar-refractivity contribution in [3.8, 4) is 45.6 Å². The molecule has 0 aromatic carbocycles. The molecule has 0 atom stereocenters. The maximum atomic E-state index is 10.1. The molecule has 12 aromatic heterocycles. The first-order chi connectivity index (χ1) is 58.2. The van der Waals surface area contributed by atoms with Gasteiger partial charge in [0.05, 0.1) is 69.4 Å². The van der Waals surface area contributed by atoms with E-state index in [1.165, 1.54) is 143 Å². The van der Waals surface area contributed by atoms with Crippen LogP contribution in [0.15, 0.2) is 245 Å². The van der Waals surface area contributed by atoms with Crippen molar-refractivity contribution >= 4 is 23.9 Å². The minimum Gasteiger partial charge on any atom is -0.545 e. The van der Waals surface area contributed by atoms with E-state index in [9.17, 15) is 39.6 Å². The van der Waals surface area contributed by atoms with Crippen molar-refractivity contribution in [3.05, 3.63) is 312 Å². The van der Waals surface area contributed by atoms with Gasteiger partial charge in [0.1, 0.15) is 0 Å². The van der Waals surface area contributed by atoms with E-state index >= 15 is 0 Å². The molecule has 0 amide bonds. The first kappa shape index (κ1) is 146. The summed E-state index contributed by atoms with van der Waals surface area (Å²) in [6.07, 6.45) is 26.1. The van der Waals surface area contributed by atoms with Gasteiger partial charge in [-0.1, -0.05) is 48.5 Å². The van der Waals surface area contributed by atoms with Crippen LogP contribution in [0, 0.1) is 96.4 Å². The molecule has 0 aliphatic rings. The van der Waals surface area contributed by atoms with E-state index in [2.05, 4.69) is 59.8 Å². The summed E-state index contributed by atoms with van der Waals surface area (Å²) >= 11 is 0. The van der Waals surface area contributed by atoms with Crippen LogP contribution in [0.5, 0.6) is 0 Å². The number of carbonyl (C=O) groups is 4. The van der Waals surface area contributed by atoms with Crippen molar-refractivity contribution < 1.29 is 265 Å². The summed E-state index contributed by atoms with van der Waals surface area (Å²) in [6.45, 7) is 16.2. The number of hydrogen-bond donors (Lipinski definition) is 6. The standard InChI is InChI=1S/4C12H12N2.4C6H5NO2.6CH4O.4ClHO4.4Cu.2H2O/c4*1-9-3-5-11(13-7-9)12-6-4-10(2)8-14-12;4*8-6(9)5-1-3-7-4-2-5;6*1-2;4*2-1(3,4)5;;;;;;/h4*3-8H,1-2H3;4*1-4H,(H,8,9);6*2H,1H3;4*(H,2,3,4,5);;;;;2*1H2/q;;;;;;;;;;;;;;;;;;4*+2;;/p-6. The number of aliphatic hydroxyl groups excluding tert-OH is 6. The largest absolute Gasteiger partial charge is 2.00 e. The van der Waals surface area contributed by atoms with Gasteiger partial charge in [-0.2, -0.15) is 0 Å². The fraction of sp³-hybridized carbons (Fsp3) is 0.179. The van der Waals surface area contributed by atoms with Crippen LogP contribution in [0.2, 0.25) is 0 Å². The van der Waals surface area contributed by atoms with Crippen LogP contribution in [0.25, 0.3) is 45.6 Å². The maximum absolute atomic E-state index is 10.1. The number of aliphatic hydroxyl groups is 6. The Bertz CT molecular complexity index is 3860. The molecule has 0 bridgehead atoms. The van der Waals surface area contributed by atoms with E-state index in [0.29, 0.717) is 0 Å². The summed E-state index contributed by atoms with van der Waals surface area (Å²) in [7, 11) is -13.8. The van der Waals surface area contributed by atoms with Crippen LogP contribution in [0.3, 0.4) is 0 Å². The third-order valence-corrected chi connectivity index (χ3v) is 12.0. The van der Waals surface area contributed by atoms with Crippen LogP contribution in [-0.4, -0.2) is 157 Å². The molecule has 0 saturated heterocycles. The van der Waals surface area contributed by atoms with Gasteiger partial charge < -0.3 is 81.2 Å². The topological polar surface area (TPSA) is 872 Å². The average molecular weight is 2110 g/mol. The van der Waals surface area contributed by atoms with Gasteiger partial charge in [0, 0.05) is 164 Å². The fourth-order valence-corrected chi connectivity index (χ4v) is 6.91. The first-order valence-corrected chi connectivity index (χ1v) is 38.2. The summed E-state index contributed by atoms with van der Waals surface area (Å²) in [5, 5.41) is 82.2. The van der Waals surface area contributed by atoms with Gasteiger partial charge in [-0.15, -0.1) is 41.0 Å². The van der Waals surface area contributed by atoms with Gasteiger partial charge in [-0.3, -0.25) is 59.8 Å². The van der Waals surface area contributed by atoms with Gasteiger partial charge in [0.15, 0.2) is 0 Å². The summed E-state index contributed by atoms with van der Waals surface area (Å²) in [4.78, 5) is 89.3. The summed E-state index contributed by atoms with van der Waals surface area (Å²) in [6, 6.07) is 43.4. The zero-order valence-electron chi connectivity index (χ0n) is 70.8. The Morgan fingerprint density at radius 2 is 0.285 bits per heavy atom. The second kappa shape index (κ2) is 87.0. The molecule has 12 N–H and O–H groups in total. The number of halogens is 4. The van der Waals surface area contributed by atoms with Crippen molar-refractivity contribution in [1.82, 2.24) is 59.8 Å². The molecule has 0 spiro atoms. The number of carboxylic acid groups (broad SMARTS) is 4. The summed E-state index contributed by atoms with van der Waals surface area (Å²) < 4.78 is 136. The Morgan fingerprint density at radius 1 is 0.200 bits per heavy atom. The average Bonchev–Trinajstić information content (AvgIpc) is 0.874. The van der Waals surface area contributed by atoms with E-state index in [0.717, 1.165) is 88.2 Å². The summed E-state index contributed by atoms with van der Waals surface area (Å²) in [5.41, 5.74) is 17.4. The Kier molecular flexibility index (Phi) is 97.4. The molecule has 52 heteroatoms. The molecular formula is C78H94Cl4Cu4N12O32+2. The minimum absolute atomic E-state index is 0. The molecule has 728 valence electrons. The molecule has 0 aliphatic carbocycles. The van der Waals surface area contributed by atoms with Crippen molar-refractivity contribution in [2.75, 3.05) is 42.7 Å². The fourth-order valence-electron chi connectivity index (χ4n) is 6.91. The van der Waals surface area contributed by atoms with Crippen LogP contribution in [0.4, 0.5) is 0 Å². The van der Waals surface area contributed by atoms with Crippen LogP contribution < -0.4 is 95.0 Å². The number of carbonyl (C=O) groups excluding carboxylic acids is 4. The van der Waals surface area contributed by atoms with Gasteiger partial charge in [-0.25, -0.2) is 74.5 Å². The summed E-state index contributed by atoms with van der Waals surface area (Å²) in [5.74, 6) is -4.68. The number of nitrogens with zero attached hydrogens (tertiary/aromatic N) is 12. The normalized spacial score (nSPS) is 8.95. The molecule has 12 rings (SSSR count). The van der Waals surface area contributed by atoms with Crippen LogP contribution >= 0.6 is 0 Å². The molecule has 12 heterocycles. The molecule has 0 fully saturated rings. The minimum atomic E-state index is -4.94. The van der Waals surface area contributed by atoms with Gasteiger partial charge in [-0.05, 0) is 197 Å². The SMILES string of the molecule is CO.CO.CO.CO.CO.CO.Cc1ccc(-c2ccc(C)cn2)nc1.Cc1ccc(-c2ccc(C)cn2)nc1.Cc1ccc(-c2ccc(C)cn2)nc1.Cc1ccc(-c2ccc(C)cn2)nc1.O=C([O-])c1ccncc1.O=C([O-])c1ccncc1.O=C([O-])c1ccncc1.O=C([O-])c1ccncc1.[Cu+2].[Cu+2].[Cu+2].[Cu+2].[O-][Cl+3]([O-])([O-])[O-].[O-][Cl+3]([O-])([O-])[O-].[O-][Cl+3]([O-])([O-])[O-].[O-][Cl+3]([O-])([O-])[O-].[OH3+].[OH3+]. The van der Waals surface area contributed by atoms with E-state index in [4.69, 9.17) is 105 Å². The number of hydrogen-bond acceptors (Lipinski definition) is 42. The number of aromatic carboxylic acids is 4. The molecule has 0 unspecified atom stereocenters. The molecule has 12 aromatic rings. The van der Waals surface area contributed by atoms with E-state index < -0.39 is 64.8 Å². The van der Waals surface area contributed by atoms with Gasteiger partial charge in [0.25, 0.3) is 0 Å². The third-order valence-electron chi connectivity index (χ3n) is 12.0. The Hall–Kier alpha value is -10.0. The Morgan fingerprint density at radius 3 is 0.338 bits per heavy atom. The smallest absolute Gasteiger partial charge is 0.545 e. The number of aryl methyl sites for hydroxylation is 8. The van der Waals surface area contributed by atoms with Crippen LogP contribution in [0.1, 0.15) is 85.9 Å². The number of rotatable bonds is 8. The monoisotopic (exact) mass is 2100 g/mol. The number of pyridine rings is 12. The molecule has 0 aliphatic heterocycles. The zero-order chi connectivity index (χ0) is 96.6. The predicted octanol–water partition coefficient (Wildman–Crippen LogP) is -14.4.